The highest BCUT2D eigenvalue weighted by molar-refractivity contribution is 7.13. The van der Waals surface area contributed by atoms with Crippen molar-refractivity contribution in [3.8, 4) is 0 Å². The second kappa shape index (κ2) is 6.26. The molecule has 0 saturated carbocycles. The molecule has 5 heteroatoms. The first kappa shape index (κ1) is 15.5. The van der Waals surface area contributed by atoms with E-state index in [1.54, 1.807) is 42.5 Å². The van der Waals surface area contributed by atoms with Gasteiger partial charge in [-0.2, -0.15) is 13.2 Å². The van der Waals surface area contributed by atoms with Crippen LogP contribution in [-0.4, -0.2) is 12.5 Å². The summed E-state index contributed by atoms with van der Waals surface area (Å²) in [5.74, 6) is 0. The predicted molar refractivity (Wildman–Crippen MR) is 78.3 cm³/mol. The summed E-state index contributed by atoms with van der Waals surface area (Å²) < 4.78 is 40.0. The Balaban J connectivity index is 2.73. The molecule has 110 valence electrons. The van der Waals surface area contributed by atoms with Gasteiger partial charge in [0.15, 0.2) is 0 Å². The summed E-state index contributed by atoms with van der Waals surface area (Å²) in [5, 5.41) is 0. The third kappa shape index (κ3) is 3.61. The Morgan fingerprint density at radius 1 is 1.14 bits per heavy atom. The summed E-state index contributed by atoms with van der Waals surface area (Å²) in [7, 11) is 0. The van der Waals surface area contributed by atoms with Gasteiger partial charge in [0.2, 0.25) is 0 Å². The van der Waals surface area contributed by atoms with E-state index >= 15 is 0 Å². The van der Waals surface area contributed by atoms with Gasteiger partial charge in [0, 0.05) is 27.3 Å². The summed E-state index contributed by atoms with van der Waals surface area (Å²) >= 11 is 1.29. The number of alkyl halides is 3. The average Bonchev–Trinajstić information content (AvgIpc) is 2.85. The molecule has 0 atom stereocenters. The molecule has 1 nitrogen and oxygen atoms in total. The van der Waals surface area contributed by atoms with Crippen molar-refractivity contribution >= 4 is 23.2 Å². The van der Waals surface area contributed by atoms with Gasteiger partial charge in [-0.15, -0.1) is 11.3 Å². The lowest BCUT2D eigenvalue weighted by Crippen LogP contribution is -2.15. The maximum absolute atomic E-state index is 13.3. The van der Waals surface area contributed by atoms with Gasteiger partial charge in [-0.3, -0.25) is 0 Å². The number of carbonyl (C=O) groups excluding carboxylic acids is 1. The van der Waals surface area contributed by atoms with Gasteiger partial charge < -0.3 is 4.79 Å². The number of rotatable bonds is 4. The molecule has 0 fully saturated rings. The Morgan fingerprint density at radius 2 is 1.81 bits per heavy atom. The summed E-state index contributed by atoms with van der Waals surface area (Å²) in [6.45, 7) is 1.84. The largest absolute Gasteiger partial charge is 0.413 e. The SMILES string of the molecule is Cc1ccc(/C(=C(/CC=O)C(F)(F)F)c2ccccc2)s1. The Morgan fingerprint density at radius 3 is 2.29 bits per heavy atom. The molecule has 0 saturated heterocycles. The Bertz CT molecular complexity index is 654. The van der Waals surface area contributed by atoms with Crippen LogP contribution in [0.15, 0.2) is 48.0 Å². The van der Waals surface area contributed by atoms with Crippen LogP contribution in [0.3, 0.4) is 0 Å². The summed E-state index contributed by atoms with van der Waals surface area (Å²) in [6, 6.07) is 11.8. The lowest BCUT2D eigenvalue weighted by atomic mass is 9.96. The van der Waals surface area contributed by atoms with E-state index in [0.29, 0.717) is 16.7 Å². The second-order valence-corrected chi connectivity index (χ2v) is 5.79. The number of aryl methyl sites for hydroxylation is 1. The molecular formula is C16H13F3OS. The lowest BCUT2D eigenvalue weighted by Gasteiger charge is -2.16. The molecule has 0 radical (unpaired) electrons. The minimum absolute atomic E-state index is 0.0910. The summed E-state index contributed by atoms with van der Waals surface area (Å²) in [4.78, 5) is 12.1. The number of hydrogen-bond acceptors (Lipinski definition) is 2. The number of benzene rings is 1. The molecule has 0 N–H and O–H groups in total. The first-order chi connectivity index (χ1) is 9.93. The van der Waals surface area contributed by atoms with Gasteiger partial charge in [0.25, 0.3) is 0 Å². The predicted octanol–water partition coefficient (Wildman–Crippen LogP) is 5.01. The zero-order valence-electron chi connectivity index (χ0n) is 11.3. The molecule has 0 amide bonds. The molecule has 0 spiro atoms. The Hall–Kier alpha value is -1.88. The van der Waals surface area contributed by atoms with Crippen molar-refractivity contribution in [3.63, 3.8) is 0 Å². The van der Waals surface area contributed by atoms with Gasteiger partial charge in [-0.25, -0.2) is 0 Å². The van der Waals surface area contributed by atoms with Crippen LogP contribution in [0.1, 0.15) is 21.7 Å². The van der Waals surface area contributed by atoms with E-state index in [4.69, 9.17) is 0 Å². The van der Waals surface area contributed by atoms with Crippen LogP contribution < -0.4 is 0 Å². The Labute approximate surface area is 124 Å². The van der Waals surface area contributed by atoms with Crippen molar-refractivity contribution in [2.75, 3.05) is 0 Å². The van der Waals surface area contributed by atoms with Crippen molar-refractivity contribution in [3.05, 3.63) is 63.4 Å². The summed E-state index contributed by atoms with van der Waals surface area (Å²) in [5.41, 5.74) is -0.243. The first-order valence-corrected chi connectivity index (χ1v) is 7.11. The highest BCUT2D eigenvalue weighted by Gasteiger charge is 2.36. The molecule has 21 heavy (non-hydrogen) atoms. The number of allylic oxidation sites excluding steroid dienone is 1. The highest BCUT2D eigenvalue weighted by Crippen LogP contribution is 2.39. The maximum atomic E-state index is 13.3. The van der Waals surface area contributed by atoms with E-state index in [9.17, 15) is 18.0 Å². The van der Waals surface area contributed by atoms with Crippen LogP contribution in [-0.2, 0) is 4.79 Å². The highest BCUT2D eigenvalue weighted by atomic mass is 32.1. The molecule has 1 aromatic carbocycles. The van der Waals surface area contributed by atoms with E-state index in [0.717, 1.165) is 4.88 Å². The monoisotopic (exact) mass is 310 g/mol. The standard InChI is InChI=1S/C16H13F3OS/c1-11-7-8-14(21-11)15(12-5-3-2-4-6-12)13(9-10-20)16(17,18)19/h2-8,10H,9H2,1H3/b15-13-. The number of carbonyl (C=O) groups is 1. The molecule has 1 aromatic heterocycles. The molecule has 0 bridgehead atoms. The van der Waals surface area contributed by atoms with Crippen LogP contribution in [0, 0.1) is 6.92 Å². The topological polar surface area (TPSA) is 17.1 Å². The number of hydrogen-bond donors (Lipinski definition) is 0. The molecule has 0 aliphatic rings. The van der Waals surface area contributed by atoms with Gasteiger partial charge in [0.05, 0.1) is 0 Å². The van der Waals surface area contributed by atoms with Crippen LogP contribution >= 0.6 is 11.3 Å². The van der Waals surface area contributed by atoms with Crippen molar-refractivity contribution in [1.29, 1.82) is 0 Å². The fraction of sp³-hybridized carbons (Fsp3) is 0.188. The molecule has 0 aliphatic carbocycles. The quantitative estimate of drug-likeness (QED) is 0.726. The van der Waals surface area contributed by atoms with Crippen molar-refractivity contribution in [2.45, 2.75) is 19.5 Å². The number of thiophene rings is 1. The maximum Gasteiger partial charge on any atom is 0.413 e. The zero-order valence-corrected chi connectivity index (χ0v) is 12.1. The average molecular weight is 310 g/mol. The first-order valence-electron chi connectivity index (χ1n) is 6.29. The fourth-order valence-electron chi connectivity index (χ4n) is 2.08. The molecular weight excluding hydrogens is 297 g/mol. The van der Waals surface area contributed by atoms with Gasteiger partial charge in [0.1, 0.15) is 6.29 Å². The third-order valence-electron chi connectivity index (χ3n) is 2.98. The van der Waals surface area contributed by atoms with Gasteiger partial charge in [-0.05, 0) is 24.6 Å². The minimum atomic E-state index is -4.54. The third-order valence-corrected chi connectivity index (χ3v) is 4.00. The van der Waals surface area contributed by atoms with E-state index in [-0.39, 0.29) is 5.57 Å². The van der Waals surface area contributed by atoms with Crippen LogP contribution in [0.2, 0.25) is 0 Å². The van der Waals surface area contributed by atoms with Crippen LogP contribution in [0.4, 0.5) is 13.2 Å². The molecule has 2 rings (SSSR count). The summed E-state index contributed by atoms with van der Waals surface area (Å²) in [6.07, 6.45) is -4.89. The number of halogens is 3. The molecule has 2 aromatic rings. The van der Waals surface area contributed by atoms with Crippen molar-refractivity contribution in [2.24, 2.45) is 0 Å². The lowest BCUT2D eigenvalue weighted by molar-refractivity contribution is -0.113. The van der Waals surface area contributed by atoms with E-state index in [1.165, 1.54) is 11.3 Å². The molecule has 1 heterocycles. The van der Waals surface area contributed by atoms with E-state index in [1.807, 2.05) is 6.92 Å². The van der Waals surface area contributed by atoms with Crippen LogP contribution in [0.25, 0.3) is 5.57 Å². The van der Waals surface area contributed by atoms with Crippen molar-refractivity contribution in [1.82, 2.24) is 0 Å². The normalized spacial score (nSPS) is 13.0. The minimum Gasteiger partial charge on any atom is -0.303 e. The van der Waals surface area contributed by atoms with Crippen molar-refractivity contribution < 1.29 is 18.0 Å². The van der Waals surface area contributed by atoms with Crippen LogP contribution in [0.5, 0.6) is 0 Å². The molecule has 0 aliphatic heterocycles. The Kier molecular flexibility index (Phi) is 4.63. The van der Waals surface area contributed by atoms with E-state index in [2.05, 4.69) is 0 Å². The van der Waals surface area contributed by atoms with E-state index < -0.39 is 18.2 Å². The van der Waals surface area contributed by atoms with Gasteiger partial charge >= 0.3 is 6.18 Å². The van der Waals surface area contributed by atoms with Gasteiger partial charge in [-0.1, -0.05) is 30.3 Å². The second-order valence-electron chi connectivity index (χ2n) is 4.50. The molecule has 0 unspecified atom stereocenters. The fourth-order valence-corrected chi connectivity index (χ4v) is 3.04. The zero-order chi connectivity index (χ0) is 15.5. The smallest absolute Gasteiger partial charge is 0.303 e. The number of aldehydes is 1.